The van der Waals surface area contributed by atoms with Crippen molar-refractivity contribution in [3.8, 4) is 0 Å². The third-order valence-corrected chi connectivity index (χ3v) is 6.84. The van der Waals surface area contributed by atoms with Crippen LogP contribution < -0.4 is 15.4 Å². The molecule has 0 bridgehead atoms. The molecule has 0 saturated heterocycles. The van der Waals surface area contributed by atoms with E-state index in [4.69, 9.17) is 16.1 Å². The van der Waals surface area contributed by atoms with Crippen LogP contribution in [0.2, 0.25) is 5.02 Å². The van der Waals surface area contributed by atoms with E-state index in [2.05, 4.69) is 30.5 Å². The van der Waals surface area contributed by atoms with Gasteiger partial charge in [0.1, 0.15) is 23.1 Å². The summed E-state index contributed by atoms with van der Waals surface area (Å²) in [4.78, 5) is 21.1. The maximum absolute atomic E-state index is 13.6. The van der Waals surface area contributed by atoms with Crippen LogP contribution in [-0.4, -0.2) is 30.4 Å². The highest BCUT2D eigenvalue weighted by Crippen LogP contribution is 2.23. The molecule has 196 valence electrons. The molecule has 4 aromatic rings. The van der Waals surface area contributed by atoms with E-state index in [1.165, 1.54) is 56.3 Å². The molecule has 0 saturated carbocycles. The molecule has 4 rings (SSSR count). The topological polar surface area (TPSA) is 139 Å². The van der Waals surface area contributed by atoms with E-state index in [9.17, 15) is 22.0 Å². The standard InChI is InChI=1S/C24H19ClF2N6O4S/c1-13-22(14(2)37-32-13)38(35,36)33-21-5-3-4-20(29-21)30-24(28-17-10-11-19(27)18(25)12-17)31-23(34)15-6-8-16(26)9-7-15/h3-12H,1-2H3,(H3,28,29,30,31,33,34). The zero-order valence-corrected chi connectivity index (χ0v) is 21.4. The molecule has 10 nitrogen and oxygen atoms in total. The third-order valence-electron chi connectivity index (χ3n) is 4.96. The van der Waals surface area contributed by atoms with Crippen LogP contribution in [0.5, 0.6) is 0 Å². The molecule has 0 aliphatic carbocycles. The fourth-order valence-corrected chi connectivity index (χ4v) is 4.80. The third kappa shape index (κ3) is 6.30. The van der Waals surface area contributed by atoms with Crippen molar-refractivity contribution in [2.45, 2.75) is 18.7 Å². The van der Waals surface area contributed by atoms with Crippen LogP contribution in [-0.2, 0) is 10.0 Å². The zero-order chi connectivity index (χ0) is 27.4. The Morgan fingerprint density at radius 1 is 1.05 bits per heavy atom. The molecule has 3 N–H and O–H groups in total. The quantitative estimate of drug-likeness (QED) is 0.224. The number of carbonyl (C=O) groups excluding carboxylic acids is 1. The van der Waals surface area contributed by atoms with E-state index < -0.39 is 27.6 Å². The van der Waals surface area contributed by atoms with Gasteiger partial charge in [-0.3, -0.25) is 14.8 Å². The number of anilines is 2. The number of guanidine groups is 1. The van der Waals surface area contributed by atoms with E-state index in [-0.39, 0.29) is 50.2 Å². The molecule has 0 atom stereocenters. The zero-order valence-electron chi connectivity index (χ0n) is 19.8. The lowest BCUT2D eigenvalue weighted by molar-refractivity contribution is 0.0977. The maximum atomic E-state index is 13.6. The number of pyridine rings is 1. The molecule has 1 amide bonds. The summed E-state index contributed by atoms with van der Waals surface area (Å²) >= 11 is 5.85. The second-order valence-corrected chi connectivity index (χ2v) is 9.84. The highest BCUT2D eigenvalue weighted by Gasteiger charge is 2.24. The Balaban J connectivity index is 1.65. The van der Waals surface area contributed by atoms with Crippen LogP contribution in [0.4, 0.5) is 26.1 Å². The lowest BCUT2D eigenvalue weighted by Crippen LogP contribution is -2.35. The van der Waals surface area contributed by atoms with Gasteiger partial charge in [0.15, 0.2) is 16.5 Å². The van der Waals surface area contributed by atoms with Gasteiger partial charge in [-0.05, 0) is 68.4 Å². The number of nitrogens with zero attached hydrogens (tertiary/aromatic N) is 3. The van der Waals surface area contributed by atoms with E-state index in [1.807, 2.05) is 0 Å². The number of aromatic nitrogens is 2. The molecule has 0 unspecified atom stereocenters. The summed E-state index contributed by atoms with van der Waals surface area (Å²) in [5.41, 5.74) is 0.592. The van der Waals surface area contributed by atoms with E-state index in [0.29, 0.717) is 0 Å². The van der Waals surface area contributed by atoms with Gasteiger partial charge in [0.25, 0.3) is 15.9 Å². The largest absolute Gasteiger partial charge is 0.360 e. The number of rotatable bonds is 6. The van der Waals surface area contributed by atoms with Crippen molar-refractivity contribution in [2.75, 3.05) is 10.0 Å². The van der Waals surface area contributed by atoms with Crippen LogP contribution in [0.15, 0.2) is 75.1 Å². The van der Waals surface area contributed by atoms with Gasteiger partial charge in [-0.1, -0.05) is 22.8 Å². The molecule has 0 aliphatic heterocycles. The first kappa shape index (κ1) is 26.7. The molecule has 0 spiro atoms. The van der Waals surface area contributed by atoms with Gasteiger partial charge in [0, 0.05) is 11.3 Å². The number of benzene rings is 2. The molecule has 2 aromatic heterocycles. The van der Waals surface area contributed by atoms with Gasteiger partial charge in [-0.2, -0.15) is 4.99 Å². The van der Waals surface area contributed by atoms with Crippen molar-refractivity contribution in [1.82, 2.24) is 15.5 Å². The summed E-state index contributed by atoms with van der Waals surface area (Å²) in [6, 6.07) is 12.9. The average molecular weight is 561 g/mol. The number of nitrogens with one attached hydrogen (secondary N) is 3. The second kappa shape index (κ2) is 10.9. The second-order valence-electron chi connectivity index (χ2n) is 7.82. The minimum absolute atomic E-state index is 0.000854. The van der Waals surface area contributed by atoms with Gasteiger partial charge in [-0.15, -0.1) is 0 Å². The van der Waals surface area contributed by atoms with Crippen molar-refractivity contribution in [1.29, 1.82) is 0 Å². The van der Waals surface area contributed by atoms with E-state index in [0.717, 1.165) is 18.2 Å². The Morgan fingerprint density at radius 2 is 1.79 bits per heavy atom. The first-order valence-corrected chi connectivity index (χ1v) is 12.7. The number of aryl methyl sites for hydroxylation is 2. The molecule has 2 aromatic carbocycles. The van der Waals surface area contributed by atoms with Crippen molar-refractivity contribution in [3.05, 3.63) is 94.3 Å². The highest BCUT2D eigenvalue weighted by molar-refractivity contribution is 7.92. The number of hydrogen-bond donors (Lipinski definition) is 3. The summed E-state index contributed by atoms with van der Waals surface area (Å²) in [7, 11) is -4.08. The first-order chi connectivity index (χ1) is 18.0. The fraction of sp³-hybridized carbons (Fsp3) is 0.0833. The van der Waals surface area contributed by atoms with Gasteiger partial charge in [-0.25, -0.2) is 22.2 Å². The van der Waals surface area contributed by atoms with Crippen LogP contribution in [0.25, 0.3) is 0 Å². The van der Waals surface area contributed by atoms with Crippen LogP contribution in [0.1, 0.15) is 21.8 Å². The van der Waals surface area contributed by atoms with Gasteiger partial charge < -0.3 is 9.84 Å². The van der Waals surface area contributed by atoms with Crippen LogP contribution in [0.3, 0.4) is 0 Å². The summed E-state index contributed by atoms with van der Waals surface area (Å²) in [6.45, 7) is 2.95. The van der Waals surface area contributed by atoms with Gasteiger partial charge in [0.05, 0.1) is 5.02 Å². The molecule has 0 aliphatic rings. The molecular weight excluding hydrogens is 542 g/mol. The lowest BCUT2D eigenvalue weighted by Gasteiger charge is -2.12. The molecule has 0 radical (unpaired) electrons. The van der Waals surface area contributed by atoms with E-state index >= 15 is 0 Å². The Labute approximate surface area is 220 Å². The molecule has 38 heavy (non-hydrogen) atoms. The summed E-state index contributed by atoms with van der Waals surface area (Å²) in [5.74, 6) is -1.92. The summed E-state index contributed by atoms with van der Waals surface area (Å²) < 4.78 is 59.8. The monoisotopic (exact) mass is 560 g/mol. The molecule has 2 heterocycles. The fourth-order valence-electron chi connectivity index (χ4n) is 3.28. The van der Waals surface area contributed by atoms with Crippen molar-refractivity contribution >= 4 is 50.8 Å². The lowest BCUT2D eigenvalue weighted by atomic mass is 10.2. The Hall–Kier alpha value is -4.36. The number of aliphatic imine (C=N–C) groups is 1. The maximum Gasteiger partial charge on any atom is 0.268 e. The number of carbonyl (C=O) groups is 1. The average Bonchev–Trinajstić information content (AvgIpc) is 3.20. The van der Waals surface area contributed by atoms with Crippen molar-refractivity contribution in [3.63, 3.8) is 0 Å². The van der Waals surface area contributed by atoms with Gasteiger partial charge >= 0.3 is 0 Å². The Kier molecular flexibility index (Phi) is 7.69. The molecule has 14 heteroatoms. The number of halogens is 3. The summed E-state index contributed by atoms with van der Waals surface area (Å²) in [5, 5.41) is 8.81. The van der Waals surface area contributed by atoms with Crippen LogP contribution >= 0.6 is 11.6 Å². The normalized spacial score (nSPS) is 11.8. The van der Waals surface area contributed by atoms with Crippen molar-refractivity contribution in [2.24, 2.45) is 4.99 Å². The number of sulfonamides is 1. The van der Waals surface area contributed by atoms with E-state index in [1.54, 1.807) is 0 Å². The highest BCUT2D eigenvalue weighted by atomic mass is 35.5. The molecular formula is C24H19ClF2N6O4S. The Morgan fingerprint density at radius 3 is 2.45 bits per heavy atom. The van der Waals surface area contributed by atoms with Gasteiger partial charge in [0.2, 0.25) is 5.96 Å². The minimum Gasteiger partial charge on any atom is -0.360 e. The number of hydrogen-bond acceptors (Lipinski definition) is 7. The minimum atomic E-state index is -4.08. The SMILES string of the molecule is Cc1noc(C)c1S(=O)(=O)Nc1cccc(/N=C(/NC(=O)c2ccc(F)cc2)Nc2ccc(F)c(Cl)c2)n1. The smallest absolute Gasteiger partial charge is 0.268 e. The molecule has 0 fully saturated rings. The first-order valence-electron chi connectivity index (χ1n) is 10.8. The predicted molar refractivity (Wildman–Crippen MR) is 137 cm³/mol. The number of amides is 1. The van der Waals surface area contributed by atoms with Crippen LogP contribution in [0, 0.1) is 25.5 Å². The summed E-state index contributed by atoms with van der Waals surface area (Å²) in [6.07, 6.45) is 0. The van der Waals surface area contributed by atoms with Crippen molar-refractivity contribution < 1.29 is 26.5 Å². The Bertz CT molecular complexity index is 1620. The predicted octanol–water partition coefficient (Wildman–Crippen LogP) is 4.95.